The Morgan fingerprint density at radius 3 is 1.96 bits per heavy atom. The first kappa shape index (κ1) is 19.3. The molecule has 0 saturated heterocycles. The Balaban J connectivity index is 2.03. The average Bonchev–Trinajstić information content (AvgIpc) is 2.58. The van der Waals surface area contributed by atoms with Crippen LogP contribution in [0.25, 0.3) is 0 Å². The Hall–Kier alpha value is -1.75. The summed E-state index contributed by atoms with van der Waals surface area (Å²) in [4.78, 5) is 11.1. The maximum atomic E-state index is 11.1. The molecule has 0 aromatic heterocycles. The molecule has 1 amide bonds. The molecule has 0 aliphatic rings. The molecule has 0 fully saturated rings. The smallest absolute Gasteiger partial charge is 0.300 e. The monoisotopic (exact) mass is 313 g/mol. The number of carbonyl (C=O) groups excluding carboxylic acids is 1. The Morgan fingerprint density at radius 2 is 1.43 bits per heavy atom. The van der Waals surface area contributed by atoms with Gasteiger partial charge in [0.25, 0.3) is 5.91 Å². The van der Waals surface area contributed by atoms with Crippen LogP contribution in [-0.2, 0) is 11.2 Å². The van der Waals surface area contributed by atoms with Crippen LogP contribution in [0.15, 0.2) is 24.3 Å². The van der Waals surface area contributed by atoms with Gasteiger partial charge in [-0.3, -0.25) is 4.79 Å². The van der Waals surface area contributed by atoms with E-state index >= 15 is 0 Å². The second-order valence-electron chi connectivity index (χ2n) is 6.23. The van der Waals surface area contributed by atoms with Gasteiger partial charge in [-0.1, -0.05) is 76.8 Å². The molecular formula is C21H31NO. The minimum atomic E-state index is -0.396. The molecule has 0 saturated carbocycles. The van der Waals surface area contributed by atoms with Gasteiger partial charge < -0.3 is 5.32 Å². The number of benzene rings is 1. The van der Waals surface area contributed by atoms with E-state index in [9.17, 15) is 4.79 Å². The lowest BCUT2D eigenvalue weighted by Gasteiger charge is -2.05. The third kappa shape index (κ3) is 9.79. The minimum absolute atomic E-state index is 0.396. The van der Waals surface area contributed by atoms with Gasteiger partial charge in [-0.25, -0.2) is 0 Å². The van der Waals surface area contributed by atoms with Crippen molar-refractivity contribution in [2.24, 2.45) is 0 Å². The van der Waals surface area contributed by atoms with Crippen molar-refractivity contribution in [3.05, 3.63) is 29.8 Å². The first-order valence-corrected chi connectivity index (χ1v) is 9.12. The summed E-state index contributed by atoms with van der Waals surface area (Å²) in [6.45, 7) is 2.26. The largest absolute Gasteiger partial charge is 0.315 e. The summed E-state index contributed by atoms with van der Waals surface area (Å²) in [6, 6.07) is 7.97. The Labute approximate surface area is 142 Å². The molecule has 2 nitrogen and oxygen atoms in total. The zero-order valence-corrected chi connectivity index (χ0v) is 14.6. The minimum Gasteiger partial charge on any atom is -0.315 e. The van der Waals surface area contributed by atoms with Crippen LogP contribution in [0.1, 0.15) is 76.7 Å². The lowest BCUT2D eigenvalue weighted by atomic mass is 10.0. The maximum Gasteiger partial charge on any atom is 0.300 e. The Kier molecular flexibility index (Phi) is 10.7. The van der Waals surface area contributed by atoms with Gasteiger partial charge in [0, 0.05) is 5.69 Å². The molecule has 0 heterocycles. The van der Waals surface area contributed by atoms with Crippen molar-refractivity contribution in [1.82, 2.24) is 0 Å². The normalized spacial score (nSPS) is 10.3. The van der Waals surface area contributed by atoms with Crippen LogP contribution in [0, 0.1) is 12.3 Å². The van der Waals surface area contributed by atoms with Crippen molar-refractivity contribution in [3.63, 3.8) is 0 Å². The van der Waals surface area contributed by atoms with Crippen LogP contribution >= 0.6 is 0 Å². The van der Waals surface area contributed by atoms with Crippen molar-refractivity contribution in [1.29, 1.82) is 0 Å². The van der Waals surface area contributed by atoms with Gasteiger partial charge in [-0.15, -0.1) is 6.42 Å². The van der Waals surface area contributed by atoms with E-state index < -0.39 is 5.91 Å². The molecule has 0 bridgehead atoms. The van der Waals surface area contributed by atoms with E-state index in [-0.39, 0.29) is 0 Å². The van der Waals surface area contributed by atoms with Crippen LogP contribution in [-0.4, -0.2) is 5.91 Å². The van der Waals surface area contributed by atoms with E-state index in [2.05, 4.69) is 30.3 Å². The Morgan fingerprint density at radius 1 is 0.913 bits per heavy atom. The summed E-state index contributed by atoms with van der Waals surface area (Å²) in [5, 5.41) is 2.65. The van der Waals surface area contributed by atoms with Gasteiger partial charge in [-0.05, 0) is 36.5 Å². The zero-order valence-electron chi connectivity index (χ0n) is 14.6. The number of aryl methyl sites for hydroxylation is 1. The summed E-state index contributed by atoms with van der Waals surface area (Å²) in [5.74, 6) is 1.65. The highest BCUT2D eigenvalue weighted by molar-refractivity contribution is 6.03. The first-order chi connectivity index (χ1) is 11.3. The fourth-order valence-electron chi connectivity index (χ4n) is 2.74. The van der Waals surface area contributed by atoms with Crippen LogP contribution in [0.5, 0.6) is 0 Å². The van der Waals surface area contributed by atoms with E-state index in [0.717, 1.165) is 12.1 Å². The molecule has 0 atom stereocenters. The standard InChI is InChI=1S/C21H31NO/c1-3-5-6-7-8-9-10-11-12-13-14-19-15-17-20(18-16-19)22-21(23)4-2/h2,15-18H,3,5-14H2,1H3,(H,22,23). The van der Waals surface area contributed by atoms with E-state index in [1.807, 2.05) is 12.1 Å². The van der Waals surface area contributed by atoms with Gasteiger partial charge in [0.2, 0.25) is 0 Å². The fourth-order valence-corrected chi connectivity index (χ4v) is 2.74. The van der Waals surface area contributed by atoms with E-state index in [4.69, 9.17) is 6.42 Å². The number of hydrogen-bond donors (Lipinski definition) is 1. The van der Waals surface area contributed by atoms with Crippen LogP contribution in [0.2, 0.25) is 0 Å². The second-order valence-corrected chi connectivity index (χ2v) is 6.23. The third-order valence-corrected chi connectivity index (χ3v) is 4.16. The van der Waals surface area contributed by atoms with Crippen molar-refractivity contribution in [3.8, 4) is 12.3 Å². The second kappa shape index (κ2) is 12.8. The molecule has 0 spiro atoms. The first-order valence-electron chi connectivity index (χ1n) is 9.12. The Bertz CT molecular complexity index is 470. The molecule has 126 valence electrons. The van der Waals surface area contributed by atoms with Crippen molar-refractivity contribution in [2.45, 2.75) is 77.6 Å². The highest BCUT2D eigenvalue weighted by Crippen LogP contribution is 2.14. The topological polar surface area (TPSA) is 29.1 Å². The van der Waals surface area contributed by atoms with Crippen molar-refractivity contribution >= 4 is 11.6 Å². The van der Waals surface area contributed by atoms with Gasteiger partial charge in [0.1, 0.15) is 0 Å². The van der Waals surface area contributed by atoms with Crippen LogP contribution in [0.4, 0.5) is 5.69 Å². The SMILES string of the molecule is C#CC(=O)Nc1ccc(CCCCCCCCCCCC)cc1. The number of rotatable bonds is 12. The highest BCUT2D eigenvalue weighted by atomic mass is 16.1. The molecule has 1 aromatic rings. The molecule has 0 aliphatic carbocycles. The lowest BCUT2D eigenvalue weighted by molar-refractivity contribution is -0.111. The van der Waals surface area contributed by atoms with E-state index in [1.54, 1.807) is 0 Å². The number of nitrogens with one attached hydrogen (secondary N) is 1. The quantitative estimate of drug-likeness (QED) is 0.388. The number of hydrogen-bond acceptors (Lipinski definition) is 1. The maximum absolute atomic E-state index is 11.1. The van der Waals surface area contributed by atoms with E-state index in [1.165, 1.54) is 69.8 Å². The third-order valence-electron chi connectivity index (χ3n) is 4.16. The number of unbranched alkanes of at least 4 members (excludes halogenated alkanes) is 9. The molecule has 23 heavy (non-hydrogen) atoms. The molecule has 1 rings (SSSR count). The number of amides is 1. The summed E-state index contributed by atoms with van der Waals surface area (Å²) in [7, 11) is 0. The van der Waals surface area contributed by atoms with Gasteiger partial charge in [0.05, 0.1) is 0 Å². The van der Waals surface area contributed by atoms with Crippen molar-refractivity contribution in [2.75, 3.05) is 5.32 Å². The van der Waals surface area contributed by atoms with Crippen LogP contribution < -0.4 is 5.32 Å². The molecule has 0 unspecified atom stereocenters. The number of carbonyl (C=O) groups is 1. The van der Waals surface area contributed by atoms with Gasteiger partial charge in [0.15, 0.2) is 0 Å². The zero-order chi connectivity index (χ0) is 16.8. The summed E-state index contributed by atoms with van der Waals surface area (Å²) < 4.78 is 0. The molecule has 0 aliphatic heterocycles. The van der Waals surface area contributed by atoms with Crippen molar-refractivity contribution < 1.29 is 4.79 Å². The van der Waals surface area contributed by atoms with Gasteiger partial charge in [-0.2, -0.15) is 0 Å². The summed E-state index contributed by atoms with van der Waals surface area (Å²) in [5.41, 5.74) is 2.09. The highest BCUT2D eigenvalue weighted by Gasteiger charge is 1.99. The molecule has 0 radical (unpaired) electrons. The molecule has 1 aromatic carbocycles. The predicted molar refractivity (Wildman–Crippen MR) is 99.5 cm³/mol. The van der Waals surface area contributed by atoms with Gasteiger partial charge >= 0.3 is 0 Å². The molecule has 1 N–H and O–H groups in total. The van der Waals surface area contributed by atoms with E-state index in [0.29, 0.717) is 0 Å². The fraction of sp³-hybridized carbons (Fsp3) is 0.571. The summed E-state index contributed by atoms with van der Waals surface area (Å²) >= 11 is 0. The van der Waals surface area contributed by atoms with Crippen LogP contribution in [0.3, 0.4) is 0 Å². The molecule has 2 heteroatoms. The lowest BCUT2D eigenvalue weighted by Crippen LogP contribution is -2.07. The summed E-state index contributed by atoms with van der Waals surface area (Å²) in [6.07, 6.45) is 19.8. The average molecular weight is 313 g/mol. The molecular weight excluding hydrogens is 282 g/mol. The number of anilines is 1. The number of terminal acetylenes is 1. The predicted octanol–water partition coefficient (Wildman–Crippen LogP) is 5.72.